The number of morpholine rings is 1. The van der Waals surface area contributed by atoms with Crippen molar-refractivity contribution < 1.29 is 22.7 Å². The van der Waals surface area contributed by atoms with Gasteiger partial charge < -0.3 is 19.9 Å². The standard InChI is InChI=1S/C25H31F3N4O2/c1-18(2)30-9-11-31(12-10-30)21-6-3-19(4-7-21)24(33)29-22-17-20(25(26,27)28)5-8-23(22)32-13-15-34-16-14-32/h3-8,17-18H,9-16H2,1-2H3,(H,29,33). The van der Waals surface area contributed by atoms with Gasteiger partial charge in [0, 0.05) is 56.6 Å². The van der Waals surface area contributed by atoms with E-state index in [1.165, 1.54) is 6.07 Å². The Hall–Kier alpha value is -2.78. The molecule has 2 fully saturated rings. The summed E-state index contributed by atoms with van der Waals surface area (Å²) in [7, 11) is 0. The van der Waals surface area contributed by atoms with Crippen molar-refractivity contribution in [1.82, 2.24) is 4.90 Å². The molecule has 1 N–H and O–H groups in total. The van der Waals surface area contributed by atoms with Gasteiger partial charge in [-0.1, -0.05) is 0 Å². The third kappa shape index (κ3) is 5.64. The van der Waals surface area contributed by atoms with Gasteiger partial charge in [-0.2, -0.15) is 13.2 Å². The molecular weight excluding hydrogens is 445 g/mol. The van der Waals surface area contributed by atoms with Gasteiger partial charge in [0.2, 0.25) is 0 Å². The molecule has 0 unspecified atom stereocenters. The summed E-state index contributed by atoms with van der Waals surface area (Å²) in [5.74, 6) is -0.440. The molecule has 2 aliphatic heterocycles. The van der Waals surface area contributed by atoms with E-state index in [1.54, 1.807) is 12.1 Å². The predicted molar refractivity (Wildman–Crippen MR) is 128 cm³/mol. The molecule has 2 aromatic rings. The number of alkyl halides is 3. The number of benzene rings is 2. The number of carbonyl (C=O) groups excluding carboxylic acids is 1. The van der Waals surface area contributed by atoms with Crippen molar-refractivity contribution in [3.8, 4) is 0 Å². The number of halogens is 3. The van der Waals surface area contributed by atoms with Gasteiger partial charge in [0.15, 0.2) is 0 Å². The van der Waals surface area contributed by atoms with E-state index in [9.17, 15) is 18.0 Å². The van der Waals surface area contributed by atoms with Gasteiger partial charge >= 0.3 is 6.18 Å². The molecule has 1 amide bonds. The Labute approximate surface area is 198 Å². The van der Waals surface area contributed by atoms with Crippen LogP contribution in [0.5, 0.6) is 0 Å². The lowest BCUT2D eigenvalue weighted by Crippen LogP contribution is -2.48. The molecule has 0 bridgehead atoms. The molecule has 0 aliphatic carbocycles. The van der Waals surface area contributed by atoms with Gasteiger partial charge in [0.05, 0.1) is 30.2 Å². The lowest BCUT2D eigenvalue weighted by molar-refractivity contribution is -0.137. The second-order valence-electron chi connectivity index (χ2n) is 8.95. The average Bonchev–Trinajstić information content (AvgIpc) is 2.84. The Balaban J connectivity index is 1.49. The summed E-state index contributed by atoms with van der Waals surface area (Å²) in [6, 6.07) is 11.2. The number of nitrogens with one attached hydrogen (secondary N) is 1. The summed E-state index contributed by atoms with van der Waals surface area (Å²) in [5, 5.41) is 2.71. The smallest absolute Gasteiger partial charge is 0.378 e. The van der Waals surface area contributed by atoms with Crippen LogP contribution in [0.15, 0.2) is 42.5 Å². The van der Waals surface area contributed by atoms with Gasteiger partial charge in [-0.3, -0.25) is 9.69 Å². The summed E-state index contributed by atoms with van der Waals surface area (Å²) in [4.78, 5) is 19.6. The van der Waals surface area contributed by atoms with Crippen molar-refractivity contribution in [2.75, 3.05) is 67.6 Å². The van der Waals surface area contributed by atoms with E-state index in [4.69, 9.17) is 4.74 Å². The third-order valence-corrected chi connectivity index (χ3v) is 6.46. The molecule has 6 nitrogen and oxygen atoms in total. The number of nitrogens with zero attached hydrogens (tertiary/aromatic N) is 3. The van der Waals surface area contributed by atoms with Gasteiger partial charge in [-0.25, -0.2) is 0 Å². The lowest BCUT2D eigenvalue weighted by atomic mass is 10.1. The number of anilines is 3. The van der Waals surface area contributed by atoms with Crippen LogP contribution in [-0.2, 0) is 10.9 Å². The summed E-state index contributed by atoms with van der Waals surface area (Å²) < 4.78 is 45.4. The van der Waals surface area contributed by atoms with Crippen LogP contribution in [0.2, 0.25) is 0 Å². The van der Waals surface area contributed by atoms with Crippen LogP contribution in [0.1, 0.15) is 29.8 Å². The maximum Gasteiger partial charge on any atom is 0.416 e. The number of ether oxygens (including phenoxy) is 1. The Morgan fingerprint density at radius 1 is 0.912 bits per heavy atom. The first-order valence-electron chi connectivity index (χ1n) is 11.7. The number of hydrogen-bond donors (Lipinski definition) is 1. The minimum Gasteiger partial charge on any atom is -0.378 e. The number of hydrogen-bond acceptors (Lipinski definition) is 5. The summed E-state index contributed by atoms with van der Waals surface area (Å²) >= 11 is 0. The first-order valence-corrected chi connectivity index (χ1v) is 11.7. The van der Waals surface area contributed by atoms with E-state index in [0.717, 1.165) is 44.0 Å². The second kappa shape index (κ2) is 10.2. The molecule has 34 heavy (non-hydrogen) atoms. The van der Waals surface area contributed by atoms with Crippen LogP contribution in [0.4, 0.5) is 30.2 Å². The quantitative estimate of drug-likeness (QED) is 0.697. The largest absolute Gasteiger partial charge is 0.416 e. The molecule has 2 aromatic carbocycles. The fourth-order valence-electron chi connectivity index (χ4n) is 4.41. The summed E-state index contributed by atoms with van der Waals surface area (Å²) in [6.45, 7) is 10.3. The zero-order valence-electron chi connectivity index (χ0n) is 19.6. The molecule has 4 rings (SSSR count). The highest BCUT2D eigenvalue weighted by Gasteiger charge is 2.32. The van der Waals surface area contributed by atoms with E-state index in [1.807, 2.05) is 17.0 Å². The SMILES string of the molecule is CC(C)N1CCN(c2ccc(C(=O)Nc3cc(C(F)(F)F)ccc3N3CCOCC3)cc2)CC1. The number of rotatable bonds is 5. The number of piperazine rings is 1. The maximum atomic E-state index is 13.3. The molecule has 0 atom stereocenters. The molecule has 2 heterocycles. The molecule has 2 aliphatic rings. The average molecular weight is 477 g/mol. The van der Waals surface area contributed by atoms with Crippen LogP contribution in [0.3, 0.4) is 0 Å². The highest BCUT2D eigenvalue weighted by Crippen LogP contribution is 2.36. The minimum atomic E-state index is -4.50. The zero-order valence-corrected chi connectivity index (χ0v) is 19.6. The van der Waals surface area contributed by atoms with E-state index in [0.29, 0.717) is 43.6 Å². The molecule has 0 spiro atoms. The molecule has 184 valence electrons. The van der Waals surface area contributed by atoms with Crippen molar-refractivity contribution in [2.45, 2.75) is 26.1 Å². The van der Waals surface area contributed by atoms with Crippen LogP contribution in [0.25, 0.3) is 0 Å². The highest BCUT2D eigenvalue weighted by atomic mass is 19.4. The number of amides is 1. The second-order valence-corrected chi connectivity index (χ2v) is 8.95. The first kappa shape index (κ1) is 24.3. The zero-order chi connectivity index (χ0) is 24.3. The summed E-state index contributed by atoms with van der Waals surface area (Å²) in [5.41, 5.74) is 1.35. The Morgan fingerprint density at radius 2 is 1.56 bits per heavy atom. The summed E-state index contributed by atoms with van der Waals surface area (Å²) in [6.07, 6.45) is -4.50. The number of carbonyl (C=O) groups is 1. The van der Waals surface area contributed by atoms with E-state index in [2.05, 4.69) is 29.0 Å². The topological polar surface area (TPSA) is 48.0 Å². The van der Waals surface area contributed by atoms with Crippen LogP contribution in [-0.4, -0.2) is 69.3 Å². The van der Waals surface area contributed by atoms with Crippen molar-refractivity contribution >= 4 is 23.0 Å². The Kier molecular flexibility index (Phi) is 7.33. The molecule has 0 aromatic heterocycles. The van der Waals surface area contributed by atoms with Gasteiger partial charge in [0.1, 0.15) is 0 Å². The van der Waals surface area contributed by atoms with Gasteiger partial charge in [0.25, 0.3) is 5.91 Å². The minimum absolute atomic E-state index is 0.149. The predicted octanol–water partition coefficient (Wildman–Crippen LogP) is 4.32. The van der Waals surface area contributed by atoms with Crippen LogP contribution < -0.4 is 15.1 Å². The van der Waals surface area contributed by atoms with E-state index < -0.39 is 17.6 Å². The van der Waals surface area contributed by atoms with E-state index >= 15 is 0 Å². The Morgan fingerprint density at radius 3 is 2.15 bits per heavy atom. The normalized spacial score (nSPS) is 17.8. The molecule has 9 heteroatoms. The monoisotopic (exact) mass is 476 g/mol. The molecular formula is C25H31F3N4O2. The van der Waals surface area contributed by atoms with Crippen molar-refractivity contribution in [3.05, 3.63) is 53.6 Å². The Bertz CT molecular complexity index is 981. The van der Waals surface area contributed by atoms with Crippen molar-refractivity contribution in [3.63, 3.8) is 0 Å². The van der Waals surface area contributed by atoms with E-state index in [-0.39, 0.29) is 5.69 Å². The van der Waals surface area contributed by atoms with Gasteiger partial charge in [-0.15, -0.1) is 0 Å². The molecule has 2 saturated heterocycles. The fourth-order valence-corrected chi connectivity index (χ4v) is 4.41. The molecule has 0 radical (unpaired) electrons. The fraction of sp³-hybridized carbons (Fsp3) is 0.480. The third-order valence-electron chi connectivity index (χ3n) is 6.46. The van der Waals surface area contributed by atoms with Crippen LogP contribution >= 0.6 is 0 Å². The maximum absolute atomic E-state index is 13.3. The van der Waals surface area contributed by atoms with Crippen molar-refractivity contribution in [2.24, 2.45) is 0 Å². The van der Waals surface area contributed by atoms with Crippen molar-refractivity contribution in [1.29, 1.82) is 0 Å². The first-order chi connectivity index (χ1) is 16.2. The highest BCUT2D eigenvalue weighted by molar-refractivity contribution is 6.06. The lowest BCUT2D eigenvalue weighted by Gasteiger charge is -2.38. The molecule has 0 saturated carbocycles. The van der Waals surface area contributed by atoms with Crippen LogP contribution in [0, 0.1) is 0 Å². The van der Waals surface area contributed by atoms with Gasteiger partial charge in [-0.05, 0) is 56.3 Å².